The quantitative estimate of drug-likeness (QED) is 0.569. The van der Waals surface area contributed by atoms with Crippen LogP contribution in [0.5, 0.6) is 0 Å². The largest absolute Gasteiger partial charge is 0.350 e. The van der Waals surface area contributed by atoms with Gasteiger partial charge in [-0.3, -0.25) is 14.5 Å². The predicted octanol–water partition coefficient (Wildman–Crippen LogP) is 3.25. The highest BCUT2D eigenvalue weighted by atomic mass is 32.2. The Morgan fingerprint density at radius 3 is 2.26 bits per heavy atom. The van der Waals surface area contributed by atoms with E-state index in [9.17, 15) is 22.4 Å². The number of carbonyl (C=O) groups is 2. The summed E-state index contributed by atoms with van der Waals surface area (Å²) < 4.78 is 41.0. The van der Waals surface area contributed by atoms with Crippen molar-refractivity contribution in [1.82, 2.24) is 9.62 Å². The Morgan fingerprint density at radius 2 is 1.63 bits per heavy atom. The average molecular weight is 496 g/mol. The summed E-state index contributed by atoms with van der Waals surface area (Å²) in [6.07, 6.45) is 0. The molecular formula is C26H26FN3O4S. The Labute approximate surface area is 204 Å². The lowest BCUT2D eigenvalue weighted by atomic mass is 9.94. The summed E-state index contributed by atoms with van der Waals surface area (Å²) in [6.45, 7) is 2.92. The normalized spacial score (nSPS) is 18.9. The Kier molecular flexibility index (Phi) is 6.73. The van der Waals surface area contributed by atoms with Crippen LogP contribution in [0.3, 0.4) is 0 Å². The van der Waals surface area contributed by atoms with Crippen molar-refractivity contribution in [3.8, 4) is 0 Å². The summed E-state index contributed by atoms with van der Waals surface area (Å²) in [7, 11) is -4.02. The molecule has 7 nitrogen and oxygen atoms in total. The van der Waals surface area contributed by atoms with Crippen LogP contribution >= 0.6 is 0 Å². The molecule has 0 bridgehead atoms. The van der Waals surface area contributed by atoms with Crippen LogP contribution in [0.4, 0.5) is 10.1 Å². The number of carbonyl (C=O) groups excluding carboxylic acids is 2. The van der Waals surface area contributed by atoms with Crippen molar-refractivity contribution in [1.29, 1.82) is 0 Å². The minimum absolute atomic E-state index is 0.0469. The smallest absolute Gasteiger partial charge is 0.247 e. The fraction of sp³-hybridized carbons (Fsp3) is 0.231. The lowest BCUT2D eigenvalue weighted by molar-refractivity contribution is -0.133. The summed E-state index contributed by atoms with van der Waals surface area (Å²) in [5.74, 6) is -1.43. The van der Waals surface area contributed by atoms with Gasteiger partial charge in [0.1, 0.15) is 11.4 Å². The summed E-state index contributed by atoms with van der Waals surface area (Å²) in [5, 5.41) is 2.80. The van der Waals surface area contributed by atoms with Gasteiger partial charge in [0.15, 0.2) is 0 Å². The Bertz CT molecular complexity index is 1330. The van der Waals surface area contributed by atoms with E-state index in [1.807, 2.05) is 19.1 Å². The van der Waals surface area contributed by atoms with Crippen LogP contribution in [0.2, 0.25) is 0 Å². The maximum absolute atomic E-state index is 13.6. The molecule has 1 aliphatic heterocycles. The molecule has 0 radical (unpaired) electrons. The van der Waals surface area contributed by atoms with Gasteiger partial charge in [-0.1, -0.05) is 48.0 Å². The fourth-order valence-corrected chi connectivity index (χ4v) is 5.65. The van der Waals surface area contributed by atoms with Crippen LogP contribution in [0.25, 0.3) is 0 Å². The Balaban J connectivity index is 1.69. The standard InChI is InChI=1S/C26H26FN3O4S/c1-19-8-14-22(15-9-19)30-24(31)17-29(35(33,34)23-6-4-3-5-7-23)18-26(30,2)25(32)28-16-20-10-12-21(27)13-11-20/h3-15H,16-18H2,1-2H3,(H,28,32)/t26-/m0/s1. The Hall–Kier alpha value is -3.56. The lowest BCUT2D eigenvalue weighted by Crippen LogP contribution is -2.70. The van der Waals surface area contributed by atoms with Gasteiger partial charge < -0.3 is 5.32 Å². The number of sulfonamides is 1. The maximum atomic E-state index is 13.6. The number of anilines is 1. The van der Waals surface area contributed by atoms with E-state index in [0.29, 0.717) is 11.3 Å². The zero-order valence-electron chi connectivity index (χ0n) is 19.4. The molecule has 1 saturated heterocycles. The van der Waals surface area contributed by atoms with E-state index in [1.165, 1.54) is 29.2 Å². The van der Waals surface area contributed by atoms with Crippen LogP contribution < -0.4 is 10.2 Å². The highest BCUT2D eigenvalue weighted by Gasteiger charge is 2.51. The number of rotatable bonds is 6. The zero-order chi connectivity index (χ0) is 25.2. The number of hydrogen-bond acceptors (Lipinski definition) is 4. The maximum Gasteiger partial charge on any atom is 0.247 e. The van der Waals surface area contributed by atoms with Gasteiger partial charge in [0.2, 0.25) is 21.8 Å². The number of aryl methyl sites for hydroxylation is 1. The second kappa shape index (κ2) is 9.59. The molecule has 1 atom stereocenters. The second-order valence-electron chi connectivity index (χ2n) is 8.73. The lowest BCUT2D eigenvalue weighted by Gasteiger charge is -2.46. The minimum Gasteiger partial charge on any atom is -0.350 e. The molecule has 182 valence electrons. The molecule has 0 spiro atoms. The Morgan fingerprint density at radius 1 is 1.00 bits per heavy atom. The number of piperazine rings is 1. The third kappa shape index (κ3) is 4.96. The first-order chi connectivity index (χ1) is 16.6. The van der Waals surface area contributed by atoms with Gasteiger partial charge >= 0.3 is 0 Å². The zero-order valence-corrected chi connectivity index (χ0v) is 20.3. The van der Waals surface area contributed by atoms with E-state index in [1.54, 1.807) is 49.4 Å². The average Bonchev–Trinajstić information content (AvgIpc) is 2.84. The van der Waals surface area contributed by atoms with Gasteiger partial charge in [-0.15, -0.1) is 0 Å². The van der Waals surface area contributed by atoms with Gasteiger partial charge in [-0.25, -0.2) is 12.8 Å². The third-order valence-electron chi connectivity index (χ3n) is 6.07. The first kappa shape index (κ1) is 24.6. The number of hydrogen-bond donors (Lipinski definition) is 1. The number of nitrogens with one attached hydrogen (secondary N) is 1. The van der Waals surface area contributed by atoms with Crippen LogP contribution in [-0.2, 0) is 26.2 Å². The summed E-state index contributed by atoms with van der Waals surface area (Å²) in [5.41, 5.74) is 0.610. The van der Waals surface area contributed by atoms with E-state index in [-0.39, 0.29) is 18.0 Å². The summed E-state index contributed by atoms with van der Waals surface area (Å²) in [6, 6.07) is 20.6. The molecule has 0 unspecified atom stereocenters. The molecule has 0 saturated carbocycles. The molecule has 1 N–H and O–H groups in total. The molecule has 0 aliphatic carbocycles. The minimum atomic E-state index is -4.02. The molecule has 1 aliphatic rings. The number of nitrogens with zero attached hydrogens (tertiary/aromatic N) is 2. The molecular weight excluding hydrogens is 469 g/mol. The molecule has 9 heteroatoms. The molecule has 1 fully saturated rings. The molecule has 4 rings (SSSR count). The van der Waals surface area contributed by atoms with Gasteiger partial charge in [-0.05, 0) is 55.8 Å². The highest BCUT2D eigenvalue weighted by Crippen LogP contribution is 2.32. The molecule has 1 heterocycles. The van der Waals surface area contributed by atoms with Crippen molar-refractivity contribution in [2.75, 3.05) is 18.0 Å². The van der Waals surface area contributed by atoms with Crippen molar-refractivity contribution in [2.24, 2.45) is 0 Å². The van der Waals surface area contributed by atoms with Crippen molar-refractivity contribution in [2.45, 2.75) is 30.8 Å². The van der Waals surface area contributed by atoms with E-state index >= 15 is 0 Å². The van der Waals surface area contributed by atoms with Crippen LogP contribution in [0, 0.1) is 12.7 Å². The number of amides is 2. The topological polar surface area (TPSA) is 86.8 Å². The molecule has 35 heavy (non-hydrogen) atoms. The highest BCUT2D eigenvalue weighted by molar-refractivity contribution is 7.89. The molecule has 3 aromatic carbocycles. The molecule has 3 aromatic rings. The van der Waals surface area contributed by atoms with Crippen molar-refractivity contribution >= 4 is 27.5 Å². The van der Waals surface area contributed by atoms with E-state index in [2.05, 4.69) is 5.32 Å². The van der Waals surface area contributed by atoms with Gasteiger partial charge in [-0.2, -0.15) is 4.31 Å². The van der Waals surface area contributed by atoms with Crippen molar-refractivity contribution in [3.63, 3.8) is 0 Å². The predicted molar refractivity (Wildman–Crippen MR) is 131 cm³/mol. The van der Waals surface area contributed by atoms with Crippen molar-refractivity contribution in [3.05, 3.63) is 95.8 Å². The van der Waals surface area contributed by atoms with Crippen LogP contribution in [0.15, 0.2) is 83.8 Å². The van der Waals surface area contributed by atoms with E-state index in [0.717, 1.165) is 9.87 Å². The number of benzene rings is 3. The molecule has 2 amide bonds. The number of halogens is 1. The van der Waals surface area contributed by atoms with E-state index < -0.39 is 39.7 Å². The fourth-order valence-electron chi connectivity index (χ4n) is 4.15. The van der Waals surface area contributed by atoms with Crippen LogP contribution in [-0.4, -0.2) is 43.2 Å². The summed E-state index contributed by atoms with van der Waals surface area (Å²) in [4.78, 5) is 28.4. The van der Waals surface area contributed by atoms with Gasteiger partial charge in [0.25, 0.3) is 0 Å². The second-order valence-corrected chi connectivity index (χ2v) is 10.7. The van der Waals surface area contributed by atoms with Crippen LogP contribution in [0.1, 0.15) is 18.1 Å². The van der Waals surface area contributed by atoms with Gasteiger partial charge in [0, 0.05) is 18.8 Å². The SMILES string of the molecule is Cc1ccc(N2C(=O)CN(S(=O)(=O)c3ccccc3)C[C@@]2(C)C(=O)NCc2ccc(F)cc2)cc1. The first-order valence-electron chi connectivity index (χ1n) is 11.1. The third-order valence-corrected chi connectivity index (χ3v) is 7.87. The molecule has 0 aromatic heterocycles. The van der Waals surface area contributed by atoms with E-state index in [4.69, 9.17) is 0 Å². The first-order valence-corrected chi connectivity index (χ1v) is 12.5. The van der Waals surface area contributed by atoms with Crippen molar-refractivity contribution < 1.29 is 22.4 Å². The monoisotopic (exact) mass is 495 g/mol. The summed E-state index contributed by atoms with van der Waals surface area (Å²) >= 11 is 0. The van der Waals surface area contributed by atoms with Gasteiger partial charge in [0.05, 0.1) is 11.4 Å².